The fourth-order valence-corrected chi connectivity index (χ4v) is 9.66. The van der Waals surface area contributed by atoms with Crippen LogP contribution >= 0.6 is 11.3 Å². The molecule has 0 amide bonds. The lowest BCUT2D eigenvalue weighted by atomic mass is 9.92. The van der Waals surface area contributed by atoms with Gasteiger partial charge in [0.05, 0.1) is 5.69 Å². The Morgan fingerprint density at radius 1 is 0.296 bits per heavy atom. The van der Waals surface area contributed by atoms with Crippen LogP contribution in [-0.4, -0.2) is 0 Å². The molecular weight excluding hydrogens is 671 g/mol. The zero-order valence-corrected chi connectivity index (χ0v) is 30.2. The molecule has 0 radical (unpaired) electrons. The molecule has 0 saturated carbocycles. The van der Waals surface area contributed by atoms with Gasteiger partial charge in [0.2, 0.25) is 0 Å². The predicted octanol–water partition coefficient (Wildman–Crippen LogP) is 15.5. The van der Waals surface area contributed by atoms with Crippen LogP contribution in [0, 0.1) is 0 Å². The van der Waals surface area contributed by atoms with Crippen molar-refractivity contribution in [1.82, 2.24) is 0 Å². The Hall–Kier alpha value is -6.74. The van der Waals surface area contributed by atoms with Gasteiger partial charge in [0, 0.05) is 31.5 Å². The first kappa shape index (κ1) is 30.8. The van der Waals surface area contributed by atoms with Gasteiger partial charge in [-0.25, -0.2) is 0 Å². The maximum Gasteiger partial charge on any atom is 0.0555 e. The molecule has 0 aliphatic carbocycles. The second-order valence-electron chi connectivity index (χ2n) is 14.1. The third-order valence-electron chi connectivity index (χ3n) is 11.1. The highest BCUT2D eigenvalue weighted by Crippen LogP contribution is 2.47. The van der Waals surface area contributed by atoms with Crippen molar-refractivity contribution in [2.75, 3.05) is 4.90 Å². The monoisotopic (exact) mass is 703 g/mol. The van der Waals surface area contributed by atoms with E-state index in [0.717, 1.165) is 11.4 Å². The number of thiophene rings is 1. The SMILES string of the molecule is c1ccc(-c2ccc(N(c3ccc(-c4cccc5c4ccc4c6ccccc6ccc54)cc3)c3cccc4sc5ccc6ccccc6c5c34)cc2)cc1. The van der Waals surface area contributed by atoms with E-state index in [2.05, 4.69) is 205 Å². The van der Waals surface area contributed by atoms with Gasteiger partial charge < -0.3 is 4.90 Å². The van der Waals surface area contributed by atoms with E-state index in [0.29, 0.717) is 0 Å². The van der Waals surface area contributed by atoms with Crippen LogP contribution in [0.4, 0.5) is 17.1 Å². The first-order valence-electron chi connectivity index (χ1n) is 18.5. The number of rotatable bonds is 5. The van der Waals surface area contributed by atoms with Gasteiger partial charge in [0.15, 0.2) is 0 Å². The lowest BCUT2D eigenvalue weighted by Crippen LogP contribution is -2.10. The van der Waals surface area contributed by atoms with Crippen molar-refractivity contribution in [3.8, 4) is 22.3 Å². The van der Waals surface area contributed by atoms with Gasteiger partial charge in [0.25, 0.3) is 0 Å². The highest BCUT2D eigenvalue weighted by Gasteiger charge is 2.20. The van der Waals surface area contributed by atoms with Crippen LogP contribution in [0.15, 0.2) is 200 Å². The van der Waals surface area contributed by atoms with Crippen molar-refractivity contribution >= 4 is 91.7 Å². The molecule has 54 heavy (non-hydrogen) atoms. The fourth-order valence-electron chi connectivity index (χ4n) is 8.51. The molecule has 252 valence electrons. The molecule has 0 saturated heterocycles. The normalized spacial score (nSPS) is 11.7. The average Bonchev–Trinajstić information content (AvgIpc) is 3.64. The molecule has 10 aromatic carbocycles. The summed E-state index contributed by atoms with van der Waals surface area (Å²) in [7, 11) is 0. The topological polar surface area (TPSA) is 3.24 Å². The maximum absolute atomic E-state index is 2.44. The molecule has 0 atom stereocenters. The standard InChI is InChI=1S/C52H33NS/c1-2-10-34(11-3-1)35-20-26-39(27-21-35)53(48-18-9-19-49-52(48)51-43-15-7-5-13-37(43)25-33-50(51)54-49)40-28-22-38(23-29-40)42-16-8-17-44-45(42)31-32-46-41-14-6-4-12-36(41)24-30-47(44)46/h1-33H. The second kappa shape index (κ2) is 12.4. The second-order valence-corrected chi connectivity index (χ2v) is 15.1. The molecule has 0 N–H and O–H groups in total. The van der Waals surface area contributed by atoms with Crippen molar-refractivity contribution in [2.24, 2.45) is 0 Å². The Morgan fingerprint density at radius 3 is 1.63 bits per heavy atom. The quantitative estimate of drug-likeness (QED) is 0.161. The predicted molar refractivity (Wildman–Crippen MR) is 235 cm³/mol. The van der Waals surface area contributed by atoms with E-state index in [1.54, 1.807) is 0 Å². The van der Waals surface area contributed by atoms with Crippen molar-refractivity contribution in [2.45, 2.75) is 0 Å². The molecule has 0 spiro atoms. The highest BCUT2D eigenvalue weighted by molar-refractivity contribution is 7.26. The number of fused-ring (bicyclic) bond motifs is 10. The lowest BCUT2D eigenvalue weighted by molar-refractivity contribution is 1.30. The zero-order valence-electron chi connectivity index (χ0n) is 29.4. The Labute approximate surface area is 317 Å². The summed E-state index contributed by atoms with van der Waals surface area (Å²) < 4.78 is 2.60. The molecule has 0 aliphatic rings. The van der Waals surface area contributed by atoms with E-state index in [1.165, 1.54) is 91.2 Å². The largest absolute Gasteiger partial charge is 0.310 e. The van der Waals surface area contributed by atoms with E-state index >= 15 is 0 Å². The number of benzene rings is 10. The first-order chi connectivity index (χ1) is 26.8. The molecule has 11 aromatic rings. The lowest BCUT2D eigenvalue weighted by Gasteiger charge is -2.27. The number of anilines is 3. The Morgan fingerprint density at radius 2 is 0.833 bits per heavy atom. The van der Waals surface area contributed by atoms with Crippen molar-refractivity contribution in [3.63, 3.8) is 0 Å². The summed E-state index contributed by atoms with van der Waals surface area (Å²) in [6.07, 6.45) is 0. The van der Waals surface area contributed by atoms with Crippen molar-refractivity contribution < 1.29 is 0 Å². The molecular formula is C52H33NS. The summed E-state index contributed by atoms with van der Waals surface area (Å²) in [6, 6.07) is 73.4. The maximum atomic E-state index is 2.44. The van der Waals surface area contributed by atoms with Gasteiger partial charge in [-0.15, -0.1) is 11.3 Å². The highest BCUT2D eigenvalue weighted by atomic mass is 32.1. The van der Waals surface area contributed by atoms with Gasteiger partial charge in [-0.1, -0.05) is 158 Å². The van der Waals surface area contributed by atoms with Gasteiger partial charge in [-0.3, -0.25) is 0 Å². The van der Waals surface area contributed by atoms with E-state index < -0.39 is 0 Å². The minimum absolute atomic E-state index is 1.12. The number of nitrogens with zero attached hydrogens (tertiary/aromatic N) is 1. The van der Waals surface area contributed by atoms with Crippen molar-refractivity contribution in [1.29, 1.82) is 0 Å². The number of hydrogen-bond donors (Lipinski definition) is 0. The van der Waals surface area contributed by atoms with E-state index in [9.17, 15) is 0 Å². The molecule has 0 fully saturated rings. The van der Waals surface area contributed by atoms with Crippen molar-refractivity contribution in [3.05, 3.63) is 200 Å². The van der Waals surface area contributed by atoms with E-state index in [4.69, 9.17) is 0 Å². The molecule has 2 heteroatoms. The smallest absolute Gasteiger partial charge is 0.0555 e. The molecule has 0 unspecified atom stereocenters. The van der Waals surface area contributed by atoms with E-state index in [1.807, 2.05) is 11.3 Å². The van der Waals surface area contributed by atoms with Crippen LogP contribution in [0.25, 0.3) is 85.5 Å². The molecule has 0 aliphatic heterocycles. The minimum Gasteiger partial charge on any atom is -0.310 e. The van der Waals surface area contributed by atoms with E-state index in [-0.39, 0.29) is 0 Å². The van der Waals surface area contributed by atoms with Crippen LogP contribution < -0.4 is 4.90 Å². The fraction of sp³-hybridized carbons (Fsp3) is 0. The Kier molecular flexibility index (Phi) is 7.11. The van der Waals surface area contributed by atoms with Crippen LogP contribution in [-0.2, 0) is 0 Å². The van der Waals surface area contributed by atoms with Crippen LogP contribution in [0.5, 0.6) is 0 Å². The summed E-state index contributed by atoms with van der Waals surface area (Å²) in [6.45, 7) is 0. The van der Waals surface area contributed by atoms with Gasteiger partial charge in [0.1, 0.15) is 0 Å². The summed E-state index contributed by atoms with van der Waals surface area (Å²) in [5.74, 6) is 0. The third kappa shape index (κ3) is 4.92. The average molecular weight is 704 g/mol. The molecule has 1 aromatic heterocycles. The molecule has 11 rings (SSSR count). The molecule has 0 bridgehead atoms. The first-order valence-corrected chi connectivity index (χ1v) is 19.3. The summed E-state index contributed by atoms with van der Waals surface area (Å²) in [5.41, 5.74) is 8.29. The van der Waals surface area contributed by atoms with Gasteiger partial charge in [-0.05, 0) is 108 Å². The van der Waals surface area contributed by atoms with Crippen LogP contribution in [0.2, 0.25) is 0 Å². The minimum atomic E-state index is 1.12. The Bertz CT molecular complexity index is 3190. The zero-order chi connectivity index (χ0) is 35.6. The summed E-state index contributed by atoms with van der Waals surface area (Å²) in [4.78, 5) is 2.44. The van der Waals surface area contributed by atoms with Gasteiger partial charge in [-0.2, -0.15) is 0 Å². The Balaban J connectivity index is 1.09. The van der Waals surface area contributed by atoms with Crippen LogP contribution in [0.1, 0.15) is 0 Å². The summed E-state index contributed by atoms with van der Waals surface area (Å²) in [5, 5.41) is 12.9. The summed E-state index contributed by atoms with van der Waals surface area (Å²) >= 11 is 1.87. The molecule has 1 heterocycles. The number of hydrogen-bond acceptors (Lipinski definition) is 2. The van der Waals surface area contributed by atoms with Gasteiger partial charge >= 0.3 is 0 Å². The third-order valence-corrected chi connectivity index (χ3v) is 12.2. The molecule has 1 nitrogen and oxygen atoms in total. The van der Waals surface area contributed by atoms with Crippen LogP contribution in [0.3, 0.4) is 0 Å².